The second-order valence-electron chi connectivity index (χ2n) is 8.09. The Bertz CT molecular complexity index is 1320. The quantitative estimate of drug-likeness (QED) is 0.437. The molecule has 5 rings (SSSR count). The molecule has 1 aliphatic heterocycles. The van der Waals surface area contributed by atoms with E-state index >= 15 is 0 Å². The van der Waals surface area contributed by atoms with Gasteiger partial charge in [-0.1, -0.05) is 23.7 Å². The predicted octanol–water partition coefficient (Wildman–Crippen LogP) is 5.53. The zero-order valence-corrected chi connectivity index (χ0v) is 18.8. The highest BCUT2D eigenvalue weighted by molar-refractivity contribution is 6.30. The van der Waals surface area contributed by atoms with Gasteiger partial charge < -0.3 is 14.8 Å². The van der Waals surface area contributed by atoms with Gasteiger partial charge in [-0.15, -0.1) is 0 Å². The Morgan fingerprint density at radius 3 is 2.75 bits per heavy atom. The van der Waals surface area contributed by atoms with Gasteiger partial charge in [-0.25, -0.2) is 14.8 Å². The van der Waals surface area contributed by atoms with Crippen molar-refractivity contribution < 1.29 is 4.79 Å². The molecular formula is C24H23ClN6O. The molecule has 4 heterocycles. The lowest BCUT2D eigenvalue weighted by atomic mass is 10.1. The molecule has 162 valence electrons. The van der Waals surface area contributed by atoms with Crippen molar-refractivity contribution in [3.63, 3.8) is 0 Å². The summed E-state index contributed by atoms with van der Waals surface area (Å²) in [5.74, 6) is 1.42. The fourth-order valence-corrected chi connectivity index (χ4v) is 4.27. The SMILES string of the molecule is Cc1cnc(Nc2cccn2C)nc1-c1cc2n(c1)C(=O)N([C@H](C)c1cccc(Cl)c1)C2. The van der Waals surface area contributed by atoms with Crippen LogP contribution in [0.25, 0.3) is 11.3 Å². The summed E-state index contributed by atoms with van der Waals surface area (Å²) in [7, 11) is 1.96. The molecule has 0 unspecified atom stereocenters. The molecule has 1 atom stereocenters. The Morgan fingerprint density at radius 2 is 2.03 bits per heavy atom. The molecule has 0 bridgehead atoms. The maximum atomic E-state index is 13.2. The summed E-state index contributed by atoms with van der Waals surface area (Å²) in [6.07, 6.45) is 5.62. The summed E-state index contributed by atoms with van der Waals surface area (Å²) in [5.41, 5.74) is 4.61. The molecule has 1 amide bonds. The van der Waals surface area contributed by atoms with E-state index in [1.165, 1.54) is 0 Å². The van der Waals surface area contributed by atoms with Gasteiger partial charge >= 0.3 is 6.03 Å². The molecule has 0 saturated heterocycles. The minimum atomic E-state index is -0.0774. The van der Waals surface area contributed by atoms with Gasteiger partial charge in [-0.3, -0.25) is 4.57 Å². The molecule has 0 fully saturated rings. The Morgan fingerprint density at radius 1 is 1.19 bits per heavy atom. The molecule has 32 heavy (non-hydrogen) atoms. The van der Waals surface area contributed by atoms with Gasteiger partial charge in [-0.05, 0) is 55.3 Å². The van der Waals surface area contributed by atoms with Crippen LogP contribution in [0.2, 0.25) is 5.02 Å². The fourth-order valence-electron chi connectivity index (χ4n) is 4.07. The van der Waals surface area contributed by atoms with Crippen LogP contribution < -0.4 is 5.32 Å². The number of nitrogens with zero attached hydrogens (tertiary/aromatic N) is 5. The Labute approximate surface area is 191 Å². The first kappa shape index (κ1) is 20.3. The normalized spacial score (nSPS) is 14.0. The van der Waals surface area contributed by atoms with Crippen LogP contribution in [0.4, 0.5) is 16.6 Å². The van der Waals surface area contributed by atoms with Gasteiger partial charge in [0.25, 0.3) is 0 Å². The second kappa shape index (κ2) is 7.84. The van der Waals surface area contributed by atoms with E-state index < -0.39 is 0 Å². The third kappa shape index (κ3) is 3.54. The van der Waals surface area contributed by atoms with Crippen LogP contribution in [-0.2, 0) is 13.6 Å². The molecular weight excluding hydrogens is 424 g/mol. The lowest BCUT2D eigenvalue weighted by Crippen LogP contribution is -2.29. The maximum Gasteiger partial charge on any atom is 0.329 e. The molecule has 1 aromatic carbocycles. The average Bonchev–Trinajstić information content (AvgIpc) is 3.45. The molecule has 0 radical (unpaired) electrons. The molecule has 4 aromatic rings. The Balaban J connectivity index is 1.41. The number of benzene rings is 1. The number of carbonyl (C=O) groups is 1. The largest absolute Gasteiger partial charge is 0.338 e. The summed E-state index contributed by atoms with van der Waals surface area (Å²) < 4.78 is 3.67. The monoisotopic (exact) mass is 446 g/mol. The van der Waals surface area contributed by atoms with Crippen molar-refractivity contribution in [3.05, 3.63) is 82.9 Å². The highest BCUT2D eigenvalue weighted by Gasteiger charge is 2.32. The number of rotatable bonds is 5. The van der Waals surface area contributed by atoms with E-state index in [-0.39, 0.29) is 12.1 Å². The van der Waals surface area contributed by atoms with E-state index in [1.807, 2.05) is 85.2 Å². The van der Waals surface area contributed by atoms with Crippen molar-refractivity contribution in [2.75, 3.05) is 5.32 Å². The number of amides is 1. The molecule has 0 aliphatic carbocycles. The fraction of sp³-hybridized carbons (Fsp3) is 0.208. The van der Waals surface area contributed by atoms with Crippen molar-refractivity contribution in [1.29, 1.82) is 0 Å². The van der Waals surface area contributed by atoms with Crippen LogP contribution in [0.5, 0.6) is 0 Å². The number of aryl methyl sites for hydroxylation is 2. The van der Waals surface area contributed by atoms with Crippen LogP contribution in [-0.4, -0.2) is 30.0 Å². The van der Waals surface area contributed by atoms with Crippen molar-refractivity contribution >= 4 is 29.4 Å². The van der Waals surface area contributed by atoms with E-state index in [4.69, 9.17) is 16.6 Å². The molecule has 1 N–H and O–H groups in total. The third-order valence-corrected chi connectivity index (χ3v) is 6.15. The number of carbonyl (C=O) groups excluding carboxylic acids is 1. The number of hydrogen-bond donors (Lipinski definition) is 1. The molecule has 8 heteroatoms. The molecule has 7 nitrogen and oxygen atoms in total. The predicted molar refractivity (Wildman–Crippen MR) is 125 cm³/mol. The van der Waals surface area contributed by atoms with E-state index in [0.717, 1.165) is 33.9 Å². The molecule has 3 aromatic heterocycles. The lowest BCUT2D eigenvalue weighted by Gasteiger charge is -2.24. The van der Waals surface area contributed by atoms with Crippen LogP contribution in [0, 0.1) is 6.92 Å². The average molecular weight is 447 g/mol. The highest BCUT2D eigenvalue weighted by Crippen LogP contribution is 2.33. The van der Waals surface area contributed by atoms with Crippen molar-refractivity contribution in [1.82, 2.24) is 24.0 Å². The van der Waals surface area contributed by atoms with E-state index in [1.54, 1.807) is 10.8 Å². The van der Waals surface area contributed by atoms with Crippen LogP contribution in [0.1, 0.15) is 29.8 Å². The third-order valence-electron chi connectivity index (χ3n) is 5.91. The summed E-state index contributed by atoms with van der Waals surface area (Å²) in [4.78, 5) is 24.1. The molecule has 1 aliphatic rings. The number of nitrogens with one attached hydrogen (secondary N) is 1. The smallest absolute Gasteiger partial charge is 0.329 e. The molecule has 0 spiro atoms. The Hall–Kier alpha value is -3.58. The van der Waals surface area contributed by atoms with E-state index in [2.05, 4.69) is 10.3 Å². The van der Waals surface area contributed by atoms with Gasteiger partial charge in [-0.2, -0.15) is 0 Å². The van der Waals surface area contributed by atoms with Gasteiger partial charge in [0, 0.05) is 41.9 Å². The van der Waals surface area contributed by atoms with Gasteiger partial charge in [0.05, 0.1) is 18.3 Å². The van der Waals surface area contributed by atoms with Gasteiger partial charge in [0.2, 0.25) is 5.95 Å². The van der Waals surface area contributed by atoms with Crippen molar-refractivity contribution in [2.45, 2.75) is 26.4 Å². The van der Waals surface area contributed by atoms with Crippen molar-refractivity contribution in [3.8, 4) is 11.3 Å². The number of hydrogen-bond acceptors (Lipinski definition) is 4. The standard InChI is InChI=1S/C24H23ClN6O/c1-15-12-26-23(27-21-8-5-9-29(21)3)28-22(15)18-11-20-14-30(24(32)31(20)13-18)16(2)17-6-4-7-19(25)10-17/h4-13,16H,14H2,1-3H3,(H,26,27,28)/t16-/m1/s1. The van der Waals surface area contributed by atoms with E-state index in [0.29, 0.717) is 17.5 Å². The number of aromatic nitrogens is 4. The first-order chi connectivity index (χ1) is 15.4. The van der Waals surface area contributed by atoms with Gasteiger partial charge in [0.15, 0.2) is 0 Å². The first-order valence-corrected chi connectivity index (χ1v) is 10.8. The number of halogens is 1. The zero-order valence-electron chi connectivity index (χ0n) is 18.1. The van der Waals surface area contributed by atoms with Crippen LogP contribution in [0.15, 0.2) is 61.1 Å². The zero-order chi connectivity index (χ0) is 22.4. The van der Waals surface area contributed by atoms with Gasteiger partial charge in [0.1, 0.15) is 5.82 Å². The summed E-state index contributed by atoms with van der Waals surface area (Å²) >= 11 is 6.14. The number of fused-ring (bicyclic) bond motifs is 1. The lowest BCUT2D eigenvalue weighted by molar-refractivity contribution is 0.192. The van der Waals surface area contributed by atoms with Crippen LogP contribution >= 0.6 is 11.6 Å². The summed E-state index contributed by atoms with van der Waals surface area (Å²) in [5, 5.41) is 3.91. The van der Waals surface area contributed by atoms with E-state index in [9.17, 15) is 4.79 Å². The molecule has 0 saturated carbocycles. The highest BCUT2D eigenvalue weighted by atomic mass is 35.5. The topological polar surface area (TPSA) is 68.0 Å². The Kier molecular flexibility index (Phi) is 4.98. The minimum Gasteiger partial charge on any atom is -0.338 e. The van der Waals surface area contributed by atoms with Crippen molar-refractivity contribution in [2.24, 2.45) is 7.05 Å². The second-order valence-corrected chi connectivity index (χ2v) is 8.52. The summed E-state index contributed by atoms with van der Waals surface area (Å²) in [6.45, 7) is 4.53. The maximum absolute atomic E-state index is 13.2. The first-order valence-electron chi connectivity index (χ1n) is 10.4. The summed E-state index contributed by atoms with van der Waals surface area (Å²) in [6, 6.07) is 13.5. The minimum absolute atomic E-state index is 0.0485. The number of anilines is 2. The van der Waals surface area contributed by atoms with Crippen LogP contribution in [0.3, 0.4) is 0 Å².